The molecule has 0 aliphatic rings. The summed E-state index contributed by atoms with van der Waals surface area (Å²) in [7, 11) is 0. The van der Waals surface area contributed by atoms with Crippen LogP contribution in [0, 0.1) is 27.0 Å². The van der Waals surface area contributed by atoms with Crippen LogP contribution in [0.25, 0.3) is 28.1 Å². The summed E-state index contributed by atoms with van der Waals surface area (Å²) in [6, 6.07) is 30.3. The molecule has 0 fully saturated rings. The van der Waals surface area contributed by atoms with E-state index in [4.69, 9.17) is 14.6 Å². The van der Waals surface area contributed by atoms with Crippen molar-refractivity contribution in [1.82, 2.24) is 9.55 Å². The molecule has 31 heavy (non-hydrogen) atoms. The molecule has 164 valence electrons. The standard InChI is InChI=1S/C19H12N2.2C2H3O.2CH3.2Ir/c1-3-9-15(10-4-1)19-20-17-13-7-8-14-18(17)21(19)16-11-5-2-6-12-16;2*1-2-3;;;;/h1,3-9,11-14H;2*1H3;2*1H3;;/q-2;4*-1;2*+3. The summed E-state index contributed by atoms with van der Waals surface area (Å²) in [5.41, 5.74) is 4.14. The maximum absolute atomic E-state index is 8.68. The Morgan fingerprint density at radius 1 is 0.806 bits per heavy atom. The monoisotopic (exact) mass is 770 g/mol. The molecular weight excluding hydrogens is 745 g/mol. The summed E-state index contributed by atoms with van der Waals surface area (Å²) >= 11 is 0. The van der Waals surface area contributed by atoms with Gasteiger partial charge in [-0.25, -0.2) is 0 Å². The number of hydrogen-bond donors (Lipinski definition) is 0. The van der Waals surface area contributed by atoms with Crippen molar-refractivity contribution < 1.29 is 49.8 Å². The number of imidazole rings is 1. The molecular formula is C25H24Ir2N2O2. The van der Waals surface area contributed by atoms with Gasteiger partial charge in [0.05, 0.1) is 16.9 Å². The van der Waals surface area contributed by atoms with Crippen LogP contribution < -0.4 is 0 Å². The molecule has 4 rings (SSSR count). The average Bonchev–Trinajstić information content (AvgIpc) is 3.10. The van der Waals surface area contributed by atoms with Gasteiger partial charge in [-0.1, -0.05) is 17.8 Å². The van der Waals surface area contributed by atoms with E-state index >= 15 is 0 Å². The van der Waals surface area contributed by atoms with Gasteiger partial charge in [0.15, 0.2) is 0 Å². The van der Waals surface area contributed by atoms with Crippen LogP contribution in [0.4, 0.5) is 0 Å². The summed E-state index contributed by atoms with van der Waals surface area (Å²) in [5.74, 6) is 0.906. The van der Waals surface area contributed by atoms with Crippen molar-refractivity contribution in [3.63, 3.8) is 0 Å². The second-order valence-electron chi connectivity index (χ2n) is 5.20. The Balaban J connectivity index is -0.000000712. The van der Waals surface area contributed by atoms with E-state index in [0.717, 1.165) is 28.1 Å². The minimum Gasteiger partial charge on any atom is -0.542 e. The molecule has 0 spiro atoms. The van der Waals surface area contributed by atoms with E-state index in [0.29, 0.717) is 0 Å². The van der Waals surface area contributed by atoms with Gasteiger partial charge in [-0.2, -0.15) is 32.0 Å². The van der Waals surface area contributed by atoms with Gasteiger partial charge >= 0.3 is 40.2 Å². The van der Waals surface area contributed by atoms with E-state index in [1.807, 2.05) is 66.7 Å². The minimum atomic E-state index is 0. The molecule has 0 bridgehead atoms. The van der Waals surface area contributed by atoms with Gasteiger partial charge in [0.25, 0.3) is 0 Å². The predicted octanol–water partition coefficient (Wildman–Crippen LogP) is 5.42. The Hall–Kier alpha value is -2.23. The Bertz CT molecular complexity index is 982. The van der Waals surface area contributed by atoms with Crippen molar-refractivity contribution in [3.05, 3.63) is 99.8 Å². The Labute approximate surface area is 212 Å². The van der Waals surface area contributed by atoms with Crippen molar-refractivity contribution in [2.75, 3.05) is 0 Å². The van der Waals surface area contributed by atoms with Crippen LogP contribution in [0.15, 0.2) is 72.8 Å². The Morgan fingerprint density at radius 3 is 1.90 bits per heavy atom. The fourth-order valence-corrected chi connectivity index (χ4v) is 2.53. The van der Waals surface area contributed by atoms with Gasteiger partial charge in [0.1, 0.15) is 0 Å². The number of para-hydroxylation sites is 2. The summed E-state index contributed by atoms with van der Waals surface area (Å²) in [6.45, 7) is 2.64. The number of nitrogens with zero attached hydrogens (tertiary/aromatic N) is 2. The van der Waals surface area contributed by atoms with Crippen molar-refractivity contribution >= 4 is 23.6 Å². The summed E-state index contributed by atoms with van der Waals surface area (Å²) in [4.78, 5) is 22.1. The average molecular weight is 769 g/mol. The summed E-state index contributed by atoms with van der Waals surface area (Å²) in [5, 5.41) is 0. The van der Waals surface area contributed by atoms with E-state index in [1.165, 1.54) is 26.4 Å². The van der Waals surface area contributed by atoms with Gasteiger partial charge in [-0.3, -0.25) is 17.6 Å². The molecule has 0 saturated carbocycles. The van der Waals surface area contributed by atoms with Gasteiger partial charge < -0.3 is 29.0 Å². The molecule has 0 N–H and O–H groups in total. The normalized spacial score (nSPS) is 8.19. The van der Waals surface area contributed by atoms with Crippen LogP contribution in [0.5, 0.6) is 0 Å². The third kappa shape index (κ3) is 9.20. The van der Waals surface area contributed by atoms with E-state index in [-0.39, 0.29) is 55.1 Å². The largest absolute Gasteiger partial charge is 3.00 e. The molecule has 0 saturated heterocycles. The number of fused-ring (bicyclic) bond motifs is 1. The molecule has 6 heteroatoms. The zero-order valence-corrected chi connectivity index (χ0v) is 22.6. The van der Waals surface area contributed by atoms with Crippen molar-refractivity contribution in [1.29, 1.82) is 0 Å². The van der Waals surface area contributed by atoms with Crippen LogP contribution >= 0.6 is 0 Å². The molecule has 4 aromatic rings. The predicted molar refractivity (Wildman–Crippen MR) is 120 cm³/mol. The first kappa shape index (κ1) is 33.4. The van der Waals surface area contributed by atoms with E-state index < -0.39 is 0 Å². The van der Waals surface area contributed by atoms with Crippen LogP contribution in [-0.4, -0.2) is 22.1 Å². The molecule has 0 aliphatic heterocycles. The van der Waals surface area contributed by atoms with Crippen molar-refractivity contribution in [2.45, 2.75) is 13.8 Å². The summed E-state index contributed by atoms with van der Waals surface area (Å²) < 4.78 is 2.16. The maximum atomic E-state index is 8.68. The second kappa shape index (κ2) is 18.5. The van der Waals surface area contributed by atoms with Crippen molar-refractivity contribution in [3.8, 4) is 17.1 Å². The molecule has 0 unspecified atom stereocenters. The molecule has 0 amide bonds. The molecule has 0 atom stereocenters. The SMILES string of the molecule is C[C-]=O.C[C-]=O.[CH3-].[CH3-].[Ir+3].[Ir+3].[c-]1ccc(-n2c(-c3[c-]cccc3)nc3ccccc32)cc1. The van der Waals surface area contributed by atoms with E-state index in [2.05, 4.69) is 22.8 Å². The fraction of sp³-hybridized carbons (Fsp3) is 0.0800. The van der Waals surface area contributed by atoms with Crippen LogP contribution in [-0.2, 0) is 49.8 Å². The fourth-order valence-electron chi connectivity index (χ4n) is 2.53. The summed E-state index contributed by atoms with van der Waals surface area (Å²) in [6.07, 6.45) is 3.00. The van der Waals surface area contributed by atoms with Gasteiger partial charge in [0, 0.05) is 0 Å². The third-order valence-electron chi connectivity index (χ3n) is 3.47. The first-order valence-electron chi connectivity index (χ1n) is 8.25. The Morgan fingerprint density at radius 2 is 1.35 bits per heavy atom. The number of hydrogen-bond acceptors (Lipinski definition) is 3. The van der Waals surface area contributed by atoms with E-state index in [1.54, 1.807) is 0 Å². The quantitative estimate of drug-likeness (QED) is 0.256. The molecule has 4 nitrogen and oxygen atoms in total. The topological polar surface area (TPSA) is 52.0 Å². The molecule has 0 radical (unpaired) electrons. The third-order valence-corrected chi connectivity index (χ3v) is 3.47. The van der Waals surface area contributed by atoms with Gasteiger partial charge in [0.2, 0.25) is 0 Å². The van der Waals surface area contributed by atoms with Crippen LogP contribution in [0.2, 0.25) is 0 Å². The maximum Gasteiger partial charge on any atom is 3.00 e. The van der Waals surface area contributed by atoms with Crippen molar-refractivity contribution in [2.24, 2.45) is 0 Å². The Kier molecular flexibility index (Phi) is 20.0. The second-order valence-corrected chi connectivity index (χ2v) is 5.20. The molecule has 1 heterocycles. The van der Waals surface area contributed by atoms with Gasteiger partial charge in [-0.05, 0) is 12.1 Å². The zero-order valence-electron chi connectivity index (χ0n) is 17.8. The molecule has 0 aliphatic carbocycles. The van der Waals surface area contributed by atoms with E-state index in [9.17, 15) is 0 Å². The first-order valence-corrected chi connectivity index (χ1v) is 8.25. The zero-order chi connectivity index (χ0) is 19.5. The smallest absolute Gasteiger partial charge is 0.542 e. The number of benzene rings is 3. The minimum absolute atomic E-state index is 0. The molecule has 3 aromatic carbocycles. The molecule has 1 aromatic heterocycles. The number of carbonyl (C=O) groups excluding carboxylic acids is 2. The van der Waals surface area contributed by atoms with Crippen LogP contribution in [0.1, 0.15) is 13.8 Å². The first-order chi connectivity index (χ1) is 13.3. The number of rotatable bonds is 2. The van der Waals surface area contributed by atoms with Gasteiger partial charge in [-0.15, -0.1) is 48.0 Å². The van der Waals surface area contributed by atoms with Crippen LogP contribution in [0.3, 0.4) is 0 Å². The number of aromatic nitrogens is 2.